The summed E-state index contributed by atoms with van der Waals surface area (Å²) >= 11 is 0. The lowest BCUT2D eigenvalue weighted by atomic mass is 10.2. The van der Waals surface area contributed by atoms with Crippen molar-refractivity contribution in [2.24, 2.45) is 0 Å². The molecule has 94 valence electrons. The van der Waals surface area contributed by atoms with Crippen LogP contribution in [0.5, 0.6) is 11.5 Å². The molecule has 2 rings (SSSR count). The summed E-state index contributed by atoms with van der Waals surface area (Å²) in [5.41, 5.74) is 6.18. The number of rotatable bonds is 3. The van der Waals surface area contributed by atoms with Crippen molar-refractivity contribution in [1.82, 2.24) is 10.2 Å². The summed E-state index contributed by atoms with van der Waals surface area (Å²) in [6.07, 6.45) is 1.39. The molecule has 0 bridgehead atoms. The van der Waals surface area contributed by atoms with Crippen LogP contribution in [0.2, 0.25) is 0 Å². The first kappa shape index (κ1) is 11.8. The van der Waals surface area contributed by atoms with Gasteiger partial charge in [-0.3, -0.25) is 9.89 Å². The summed E-state index contributed by atoms with van der Waals surface area (Å²) in [5, 5.41) is 18.3. The number of amides is 1. The van der Waals surface area contributed by atoms with E-state index in [9.17, 15) is 9.90 Å². The highest BCUT2D eigenvalue weighted by atomic mass is 16.5. The van der Waals surface area contributed by atoms with Crippen LogP contribution in [0.3, 0.4) is 0 Å². The summed E-state index contributed by atoms with van der Waals surface area (Å²) in [6.45, 7) is 0. The maximum absolute atomic E-state index is 11.8. The number of hydrogen-bond donors (Lipinski definition) is 4. The van der Waals surface area contributed by atoms with Crippen molar-refractivity contribution in [3.63, 3.8) is 0 Å². The van der Waals surface area contributed by atoms with Crippen LogP contribution in [-0.2, 0) is 0 Å². The molecule has 1 aromatic carbocycles. The van der Waals surface area contributed by atoms with Gasteiger partial charge in [-0.1, -0.05) is 0 Å². The minimum Gasteiger partial charge on any atom is -0.504 e. The number of anilines is 2. The van der Waals surface area contributed by atoms with Gasteiger partial charge in [0.2, 0.25) is 0 Å². The predicted octanol–water partition coefficient (Wildman–Crippen LogP) is 0.958. The van der Waals surface area contributed by atoms with Gasteiger partial charge in [-0.2, -0.15) is 5.10 Å². The average molecular weight is 248 g/mol. The van der Waals surface area contributed by atoms with Crippen molar-refractivity contribution in [3.05, 3.63) is 30.0 Å². The Morgan fingerprint density at radius 3 is 2.89 bits per heavy atom. The second kappa shape index (κ2) is 4.66. The maximum Gasteiger partial charge on any atom is 0.256 e. The van der Waals surface area contributed by atoms with E-state index in [1.54, 1.807) is 0 Å². The van der Waals surface area contributed by atoms with Gasteiger partial charge in [-0.05, 0) is 18.2 Å². The molecule has 0 radical (unpaired) electrons. The zero-order valence-electron chi connectivity index (χ0n) is 9.60. The number of nitrogens with two attached hydrogens (primary N) is 1. The van der Waals surface area contributed by atoms with E-state index in [-0.39, 0.29) is 11.3 Å². The molecule has 0 aliphatic carbocycles. The molecular formula is C11H12N4O3. The molecule has 0 unspecified atom stereocenters. The average Bonchev–Trinajstić information content (AvgIpc) is 2.75. The van der Waals surface area contributed by atoms with Crippen LogP contribution in [0.4, 0.5) is 11.5 Å². The number of H-pyrrole nitrogens is 1. The number of aromatic hydroxyl groups is 1. The number of nitrogens with zero attached hydrogens (tertiary/aromatic N) is 1. The van der Waals surface area contributed by atoms with E-state index < -0.39 is 5.91 Å². The van der Waals surface area contributed by atoms with E-state index >= 15 is 0 Å². The first-order valence-electron chi connectivity index (χ1n) is 5.09. The number of hydrogen-bond acceptors (Lipinski definition) is 5. The minimum absolute atomic E-state index is 0.109. The van der Waals surface area contributed by atoms with Crippen molar-refractivity contribution >= 4 is 17.4 Å². The third-order valence-corrected chi connectivity index (χ3v) is 2.35. The Balaban J connectivity index is 2.19. The number of benzene rings is 1. The number of phenolic OH excluding ortho intramolecular Hbond substituents is 1. The highest BCUT2D eigenvalue weighted by Gasteiger charge is 2.11. The van der Waals surface area contributed by atoms with Crippen LogP contribution in [-0.4, -0.2) is 28.3 Å². The number of phenols is 1. The molecule has 0 atom stereocenters. The zero-order chi connectivity index (χ0) is 13.1. The molecule has 0 aliphatic heterocycles. The fourth-order valence-corrected chi connectivity index (χ4v) is 1.41. The van der Waals surface area contributed by atoms with Gasteiger partial charge >= 0.3 is 0 Å². The number of aromatic nitrogens is 2. The molecule has 0 saturated carbocycles. The highest BCUT2D eigenvalue weighted by Crippen LogP contribution is 2.26. The van der Waals surface area contributed by atoms with E-state index in [0.717, 1.165) is 0 Å². The van der Waals surface area contributed by atoms with Gasteiger partial charge in [0, 0.05) is 5.56 Å². The van der Waals surface area contributed by atoms with Gasteiger partial charge in [-0.15, -0.1) is 0 Å². The number of nitrogens with one attached hydrogen (secondary N) is 2. The van der Waals surface area contributed by atoms with Crippen LogP contribution < -0.4 is 15.8 Å². The molecule has 7 nitrogen and oxygen atoms in total. The Morgan fingerprint density at radius 2 is 2.33 bits per heavy atom. The Hall–Kier alpha value is -2.70. The van der Waals surface area contributed by atoms with Crippen molar-refractivity contribution in [3.8, 4) is 11.5 Å². The summed E-state index contributed by atoms with van der Waals surface area (Å²) in [4.78, 5) is 11.8. The summed E-state index contributed by atoms with van der Waals surface area (Å²) in [5.74, 6) is 0.0922. The van der Waals surface area contributed by atoms with Gasteiger partial charge in [0.1, 0.15) is 0 Å². The maximum atomic E-state index is 11.8. The number of carbonyl (C=O) groups is 1. The molecule has 5 N–H and O–H groups in total. The molecule has 2 aromatic rings. The number of aromatic amines is 1. The van der Waals surface area contributed by atoms with Crippen LogP contribution in [0.1, 0.15) is 10.4 Å². The monoisotopic (exact) mass is 248 g/mol. The molecule has 0 spiro atoms. The molecule has 0 saturated heterocycles. The molecule has 1 aromatic heterocycles. The predicted molar refractivity (Wildman–Crippen MR) is 65.6 cm³/mol. The molecule has 18 heavy (non-hydrogen) atoms. The van der Waals surface area contributed by atoms with Crippen LogP contribution in [0, 0.1) is 0 Å². The molecular weight excluding hydrogens is 236 g/mol. The number of methoxy groups -OCH3 is 1. The van der Waals surface area contributed by atoms with Crippen molar-refractivity contribution in [2.75, 3.05) is 18.2 Å². The number of ether oxygens (including phenoxy) is 1. The Labute approximate surface area is 103 Å². The summed E-state index contributed by atoms with van der Waals surface area (Å²) in [6, 6.07) is 4.34. The Kier molecular flexibility index (Phi) is 3.05. The lowest BCUT2D eigenvalue weighted by Gasteiger charge is -2.06. The second-order valence-corrected chi connectivity index (χ2v) is 3.54. The van der Waals surface area contributed by atoms with Crippen molar-refractivity contribution < 1.29 is 14.6 Å². The van der Waals surface area contributed by atoms with Gasteiger partial charge in [-0.25, -0.2) is 0 Å². The largest absolute Gasteiger partial charge is 0.504 e. The van der Waals surface area contributed by atoms with Crippen molar-refractivity contribution in [1.29, 1.82) is 0 Å². The third-order valence-electron chi connectivity index (χ3n) is 2.35. The molecule has 7 heteroatoms. The third kappa shape index (κ3) is 2.19. The first-order chi connectivity index (χ1) is 8.61. The standard InChI is InChI=1S/C11H12N4O3/c1-18-9-3-2-6(4-8(9)16)11(17)14-10-7(12)5-13-15-10/h2-5,16H,12H2,1H3,(H2,13,14,15,17). The fraction of sp³-hybridized carbons (Fsp3) is 0.0909. The molecule has 1 amide bonds. The van der Waals surface area contributed by atoms with Gasteiger partial charge in [0.05, 0.1) is 19.0 Å². The molecule has 0 aliphatic rings. The molecule has 1 heterocycles. The van der Waals surface area contributed by atoms with Crippen LogP contribution in [0.15, 0.2) is 24.4 Å². The minimum atomic E-state index is -0.413. The van der Waals surface area contributed by atoms with E-state index in [1.807, 2.05) is 0 Å². The van der Waals surface area contributed by atoms with Gasteiger partial charge in [0.15, 0.2) is 17.3 Å². The van der Waals surface area contributed by atoms with Gasteiger partial charge in [0.25, 0.3) is 5.91 Å². The molecule has 0 fully saturated rings. The van der Waals surface area contributed by atoms with Crippen molar-refractivity contribution in [2.45, 2.75) is 0 Å². The Morgan fingerprint density at radius 1 is 1.56 bits per heavy atom. The zero-order valence-corrected chi connectivity index (χ0v) is 9.60. The summed E-state index contributed by atoms with van der Waals surface area (Å²) in [7, 11) is 1.43. The second-order valence-electron chi connectivity index (χ2n) is 3.54. The number of carbonyl (C=O) groups excluding carboxylic acids is 1. The summed E-state index contributed by atoms with van der Waals surface area (Å²) < 4.78 is 4.89. The lowest BCUT2D eigenvalue weighted by molar-refractivity contribution is 0.102. The van der Waals surface area contributed by atoms with Gasteiger partial charge < -0.3 is 20.9 Å². The van der Waals surface area contributed by atoms with E-state index in [0.29, 0.717) is 17.3 Å². The smallest absolute Gasteiger partial charge is 0.256 e. The fourth-order valence-electron chi connectivity index (χ4n) is 1.41. The SMILES string of the molecule is COc1ccc(C(=O)Nc2[nH]ncc2N)cc1O. The normalized spacial score (nSPS) is 10.1. The Bertz CT molecular complexity index is 579. The van der Waals surface area contributed by atoms with E-state index in [4.69, 9.17) is 10.5 Å². The highest BCUT2D eigenvalue weighted by molar-refractivity contribution is 6.05. The van der Waals surface area contributed by atoms with Crippen LogP contribution >= 0.6 is 0 Å². The lowest BCUT2D eigenvalue weighted by Crippen LogP contribution is -2.13. The first-order valence-corrected chi connectivity index (χ1v) is 5.09. The number of nitrogen functional groups attached to an aromatic ring is 1. The topological polar surface area (TPSA) is 113 Å². The van der Waals surface area contributed by atoms with E-state index in [1.165, 1.54) is 31.5 Å². The quantitative estimate of drug-likeness (QED) is 0.646. The van der Waals surface area contributed by atoms with E-state index in [2.05, 4.69) is 15.5 Å². The van der Waals surface area contributed by atoms with Crippen LogP contribution in [0.25, 0.3) is 0 Å².